The van der Waals surface area contributed by atoms with Crippen LogP contribution in [-0.4, -0.2) is 27.5 Å². The minimum atomic E-state index is -0.354. The highest BCUT2D eigenvalue weighted by atomic mass is 32.1. The second-order valence-electron chi connectivity index (χ2n) is 6.62. The Morgan fingerprint density at radius 2 is 2.15 bits per heavy atom. The molecule has 3 aromatic rings. The fraction of sp³-hybridized carbons (Fsp3) is 0.316. The maximum absolute atomic E-state index is 14.2. The van der Waals surface area contributed by atoms with Gasteiger partial charge >= 0.3 is 0 Å². The van der Waals surface area contributed by atoms with Crippen molar-refractivity contribution in [2.75, 3.05) is 6.54 Å². The fourth-order valence-corrected chi connectivity index (χ4v) is 3.87. The molecule has 1 aliphatic heterocycles. The zero-order valence-corrected chi connectivity index (χ0v) is 15.3. The molecule has 2 aromatic heterocycles. The van der Waals surface area contributed by atoms with Gasteiger partial charge in [0, 0.05) is 35.4 Å². The number of rotatable bonds is 3. The van der Waals surface area contributed by atoms with E-state index < -0.39 is 0 Å². The van der Waals surface area contributed by atoms with Crippen molar-refractivity contribution in [1.29, 1.82) is 0 Å². The number of aromatic nitrogens is 2. The molecule has 134 valence electrons. The SMILES string of the molecule is CC(C)c1nc(C(=O)N2CCc3onc(-c4ccccc4F)c3C2)cs1. The molecule has 0 radical (unpaired) electrons. The van der Waals surface area contributed by atoms with Gasteiger partial charge in [0.15, 0.2) is 0 Å². The first-order valence-corrected chi connectivity index (χ1v) is 9.39. The highest BCUT2D eigenvalue weighted by Crippen LogP contribution is 2.32. The van der Waals surface area contributed by atoms with E-state index in [0.29, 0.717) is 48.1 Å². The monoisotopic (exact) mass is 371 g/mol. The second kappa shape index (κ2) is 6.64. The normalized spacial score (nSPS) is 13.9. The molecule has 1 aromatic carbocycles. The van der Waals surface area contributed by atoms with Crippen LogP contribution in [0.15, 0.2) is 34.2 Å². The molecule has 26 heavy (non-hydrogen) atoms. The topological polar surface area (TPSA) is 59.2 Å². The number of hydrogen-bond acceptors (Lipinski definition) is 5. The van der Waals surface area contributed by atoms with Crippen LogP contribution in [0.4, 0.5) is 4.39 Å². The van der Waals surface area contributed by atoms with Crippen molar-refractivity contribution in [3.05, 3.63) is 57.5 Å². The Morgan fingerprint density at radius 3 is 2.88 bits per heavy atom. The standard InChI is InChI=1S/C19H18FN3O2S/c1-11(2)18-21-15(10-26-18)19(24)23-8-7-16-13(9-23)17(22-25-16)12-5-3-4-6-14(12)20/h3-6,10-11H,7-9H2,1-2H3. The van der Waals surface area contributed by atoms with E-state index in [9.17, 15) is 9.18 Å². The van der Waals surface area contributed by atoms with E-state index in [1.807, 2.05) is 0 Å². The van der Waals surface area contributed by atoms with Crippen LogP contribution in [0.2, 0.25) is 0 Å². The van der Waals surface area contributed by atoms with Gasteiger partial charge in [-0.2, -0.15) is 0 Å². The Bertz CT molecular complexity index is 963. The lowest BCUT2D eigenvalue weighted by Crippen LogP contribution is -2.35. The van der Waals surface area contributed by atoms with E-state index in [4.69, 9.17) is 4.52 Å². The molecule has 0 spiro atoms. The number of hydrogen-bond donors (Lipinski definition) is 0. The number of benzene rings is 1. The Balaban J connectivity index is 1.62. The number of carbonyl (C=O) groups is 1. The van der Waals surface area contributed by atoms with Crippen LogP contribution >= 0.6 is 11.3 Å². The van der Waals surface area contributed by atoms with Crippen LogP contribution in [0, 0.1) is 5.82 Å². The third-order valence-electron chi connectivity index (χ3n) is 4.48. The van der Waals surface area contributed by atoms with Gasteiger partial charge in [0.2, 0.25) is 0 Å². The smallest absolute Gasteiger partial charge is 0.273 e. The molecular weight excluding hydrogens is 353 g/mol. The third-order valence-corrected chi connectivity index (χ3v) is 5.62. The van der Waals surface area contributed by atoms with Gasteiger partial charge in [-0.15, -0.1) is 11.3 Å². The Morgan fingerprint density at radius 1 is 1.35 bits per heavy atom. The lowest BCUT2D eigenvalue weighted by molar-refractivity contribution is 0.0723. The Kier molecular flexibility index (Phi) is 4.32. The highest BCUT2D eigenvalue weighted by molar-refractivity contribution is 7.09. The number of thiazole rings is 1. The number of amides is 1. The molecule has 0 unspecified atom stereocenters. The largest absolute Gasteiger partial charge is 0.360 e. The molecule has 0 saturated heterocycles. The molecule has 1 amide bonds. The molecular formula is C19H18FN3O2S. The van der Waals surface area contributed by atoms with Crippen LogP contribution in [-0.2, 0) is 13.0 Å². The van der Waals surface area contributed by atoms with E-state index in [-0.39, 0.29) is 11.7 Å². The summed E-state index contributed by atoms with van der Waals surface area (Å²) >= 11 is 1.50. The van der Waals surface area contributed by atoms with Gasteiger partial charge in [-0.25, -0.2) is 9.37 Å². The van der Waals surface area contributed by atoms with Crippen LogP contribution < -0.4 is 0 Å². The van der Waals surface area contributed by atoms with Crippen molar-refractivity contribution in [1.82, 2.24) is 15.0 Å². The zero-order chi connectivity index (χ0) is 18.3. The summed E-state index contributed by atoms with van der Waals surface area (Å²) in [6.45, 7) is 4.98. The summed E-state index contributed by atoms with van der Waals surface area (Å²) in [5, 5.41) is 6.81. The Hall–Kier alpha value is -2.54. The van der Waals surface area contributed by atoms with Gasteiger partial charge in [-0.3, -0.25) is 4.79 Å². The van der Waals surface area contributed by atoms with Crippen LogP contribution in [0.25, 0.3) is 11.3 Å². The van der Waals surface area contributed by atoms with E-state index in [1.54, 1.807) is 28.5 Å². The van der Waals surface area contributed by atoms with Crippen LogP contribution in [0.1, 0.15) is 46.6 Å². The van der Waals surface area contributed by atoms with Crippen molar-refractivity contribution in [2.45, 2.75) is 32.7 Å². The van der Waals surface area contributed by atoms with Crippen LogP contribution in [0.5, 0.6) is 0 Å². The maximum Gasteiger partial charge on any atom is 0.273 e. The van der Waals surface area contributed by atoms with Crippen molar-refractivity contribution in [3.8, 4) is 11.3 Å². The molecule has 0 aliphatic carbocycles. The molecule has 0 bridgehead atoms. The third kappa shape index (κ3) is 2.92. The predicted octanol–water partition coefficient (Wildman–Crippen LogP) is 4.26. The summed E-state index contributed by atoms with van der Waals surface area (Å²) in [7, 11) is 0. The Labute approximate surface area is 154 Å². The van der Waals surface area contributed by atoms with Gasteiger partial charge in [0.05, 0.1) is 11.6 Å². The summed E-state index contributed by atoms with van der Waals surface area (Å²) in [4.78, 5) is 19.0. The minimum absolute atomic E-state index is 0.112. The van der Waals surface area contributed by atoms with Crippen molar-refractivity contribution in [2.24, 2.45) is 0 Å². The van der Waals surface area contributed by atoms with E-state index in [2.05, 4.69) is 24.0 Å². The van der Waals surface area contributed by atoms with Crippen molar-refractivity contribution in [3.63, 3.8) is 0 Å². The van der Waals surface area contributed by atoms with Gasteiger partial charge in [0.1, 0.15) is 23.0 Å². The predicted molar refractivity (Wildman–Crippen MR) is 96.5 cm³/mol. The number of carbonyl (C=O) groups excluding carboxylic acids is 1. The molecule has 5 nitrogen and oxygen atoms in total. The van der Waals surface area contributed by atoms with E-state index in [1.165, 1.54) is 17.4 Å². The molecule has 0 atom stereocenters. The molecule has 3 heterocycles. The van der Waals surface area contributed by atoms with E-state index >= 15 is 0 Å². The number of halogens is 1. The first-order chi connectivity index (χ1) is 12.5. The zero-order valence-electron chi connectivity index (χ0n) is 14.5. The summed E-state index contributed by atoms with van der Waals surface area (Å²) in [6, 6.07) is 6.46. The molecule has 0 N–H and O–H groups in total. The number of nitrogens with zero attached hydrogens (tertiary/aromatic N) is 3. The first-order valence-electron chi connectivity index (χ1n) is 8.51. The lowest BCUT2D eigenvalue weighted by Gasteiger charge is -2.25. The molecule has 4 rings (SSSR count). The van der Waals surface area contributed by atoms with Gasteiger partial charge in [-0.1, -0.05) is 31.1 Å². The highest BCUT2D eigenvalue weighted by Gasteiger charge is 2.29. The summed E-state index contributed by atoms with van der Waals surface area (Å²) in [5.41, 5.74) is 2.10. The average Bonchev–Trinajstić information content (AvgIpc) is 3.28. The quantitative estimate of drug-likeness (QED) is 0.690. The van der Waals surface area contributed by atoms with Gasteiger partial charge in [-0.05, 0) is 12.1 Å². The minimum Gasteiger partial charge on any atom is -0.360 e. The van der Waals surface area contributed by atoms with Crippen LogP contribution in [0.3, 0.4) is 0 Å². The molecule has 1 aliphatic rings. The summed E-state index contributed by atoms with van der Waals surface area (Å²) in [6.07, 6.45) is 0.559. The number of fused-ring (bicyclic) bond motifs is 1. The van der Waals surface area contributed by atoms with Gasteiger partial charge in [0.25, 0.3) is 5.91 Å². The lowest BCUT2D eigenvalue weighted by atomic mass is 10.0. The van der Waals surface area contributed by atoms with Gasteiger partial charge < -0.3 is 9.42 Å². The van der Waals surface area contributed by atoms with Crippen molar-refractivity contribution < 1.29 is 13.7 Å². The van der Waals surface area contributed by atoms with Crippen molar-refractivity contribution >= 4 is 17.2 Å². The van der Waals surface area contributed by atoms with E-state index in [0.717, 1.165) is 10.6 Å². The first kappa shape index (κ1) is 16.9. The maximum atomic E-state index is 14.2. The molecule has 0 saturated carbocycles. The molecule has 7 heteroatoms. The fourth-order valence-electron chi connectivity index (χ4n) is 3.06. The summed E-state index contributed by atoms with van der Waals surface area (Å²) in [5.74, 6) is 0.543. The average molecular weight is 371 g/mol. The molecule has 0 fully saturated rings. The second-order valence-corrected chi connectivity index (χ2v) is 7.50. The summed E-state index contributed by atoms with van der Waals surface area (Å²) < 4.78 is 19.5.